The molecule has 1 heterocycles. The lowest BCUT2D eigenvalue weighted by Crippen LogP contribution is -2.37. The molecule has 0 aromatic carbocycles. The Balaban J connectivity index is 2.49. The molecule has 1 aliphatic heterocycles. The van der Waals surface area contributed by atoms with E-state index in [-0.39, 0.29) is 5.50 Å². The summed E-state index contributed by atoms with van der Waals surface area (Å²) in [6.07, 6.45) is 2.04. The summed E-state index contributed by atoms with van der Waals surface area (Å²) in [5, 5.41) is 2.03. The van der Waals surface area contributed by atoms with Crippen LogP contribution in [0, 0.1) is 0 Å². The molecular formula is C6H12N2S. The molecule has 1 unspecified atom stereocenters. The van der Waals surface area contributed by atoms with Gasteiger partial charge in [0, 0.05) is 12.2 Å². The Morgan fingerprint density at radius 3 is 2.56 bits per heavy atom. The number of rotatable bonds is 1. The summed E-state index contributed by atoms with van der Waals surface area (Å²) < 4.78 is 0. The van der Waals surface area contributed by atoms with Gasteiger partial charge in [-0.15, -0.1) is 0 Å². The molecular weight excluding hydrogens is 132 g/mol. The van der Waals surface area contributed by atoms with Crippen molar-refractivity contribution in [1.82, 2.24) is 4.90 Å². The fourth-order valence-corrected chi connectivity index (χ4v) is 1.63. The second-order valence-corrected chi connectivity index (χ2v) is 3.38. The van der Waals surface area contributed by atoms with E-state index in [9.17, 15) is 0 Å². The zero-order chi connectivity index (χ0) is 6.85. The molecule has 0 amide bonds. The molecule has 9 heavy (non-hydrogen) atoms. The van der Waals surface area contributed by atoms with Crippen LogP contribution in [0.1, 0.15) is 13.8 Å². The van der Waals surface area contributed by atoms with Crippen LogP contribution in [-0.4, -0.2) is 16.4 Å². The first-order valence-corrected chi connectivity index (χ1v) is 4.01. The number of nitrogens with zero attached hydrogens (tertiary/aromatic N) is 1. The lowest BCUT2D eigenvalue weighted by atomic mass is 10.4. The van der Waals surface area contributed by atoms with Crippen molar-refractivity contribution in [2.24, 2.45) is 5.73 Å². The molecule has 0 saturated heterocycles. The van der Waals surface area contributed by atoms with Crippen molar-refractivity contribution in [3.8, 4) is 0 Å². The molecule has 2 nitrogen and oxygen atoms in total. The van der Waals surface area contributed by atoms with Gasteiger partial charge >= 0.3 is 0 Å². The zero-order valence-corrected chi connectivity index (χ0v) is 6.56. The van der Waals surface area contributed by atoms with Gasteiger partial charge < -0.3 is 10.6 Å². The van der Waals surface area contributed by atoms with Gasteiger partial charge in [0.15, 0.2) is 0 Å². The van der Waals surface area contributed by atoms with E-state index in [1.807, 2.05) is 11.6 Å². The van der Waals surface area contributed by atoms with E-state index in [0.717, 1.165) is 0 Å². The van der Waals surface area contributed by atoms with Gasteiger partial charge in [-0.1, -0.05) is 11.8 Å². The van der Waals surface area contributed by atoms with Crippen LogP contribution in [0.5, 0.6) is 0 Å². The highest BCUT2D eigenvalue weighted by Gasteiger charge is 2.16. The summed E-state index contributed by atoms with van der Waals surface area (Å²) in [4.78, 5) is 2.13. The Bertz CT molecular complexity index is 122. The fraction of sp³-hybridized carbons (Fsp3) is 0.667. The summed E-state index contributed by atoms with van der Waals surface area (Å²) in [5.74, 6) is 0. The van der Waals surface area contributed by atoms with Crippen molar-refractivity contribution in [2.75, 3.05) is 0 Å². The van der Waals surface area contributed by atoms with Gasteiger partial charge in [-0.05, 0) is 19.3 Å². The van der Waals surface area contributed by atoms with Crippen molar-refractivity contribution >= 4 is 11.8 Å². The fourth-order valence-electron chi connectivity index (χ4n) is 0.807. The molecule has 0 fully saturated rings. The molecule has 0 bridgehead atoms. The highest BCUT2D eigenvalue weighted by atomic mass is 32.2. The lowest BCUT2D eigenvalue weighted by Gasteiger charge is -2.24. The van der Waals surface area contributed by atoms with E-state index in [1.165, 1.54) is 0 Å². The Kier molecular flexibility index (Phi) is 2.03. The quantitative estimate of drug-likeness (QED) is 0.598. The predicted octanol–water partition coefficient (Wildman–Crippen LogP) is 1.16. The van der Waals surface area contributed by atoms with Gasteiger partial charge in [0.2, 0.25) is 0 Å². The van der Waals surface area contributed by atoms with E-state index in [1.54, 1.807) is 11.8 Å². The third kappa shape index (κ3) is 1.40. The van der Waals surface area contributed by atoms with Crippen LogP contribution >= 0.6 is 11.8 Å². The Labute approximate surface area is 60.1 Å². The van der Waals surface area contributed by atoms with Crippen LogP contribution in [0.3, 0.4) is 0 Å². The van der Waals surface area contributed by atoms with Gasteiger partial charge in [0.1, 0.15) is 5.50 Å². The van der Waals surface area contributed by atoms with Crippen LogP contribution in [0.15, 0.2) is 11.6 Å². The number of hydrogen-bond acceptors (Lipinski definition) is 3. The Morgan fingerprint density at radius 2 is 2.33 bits per heavy atom. The summed E-state index contributed by atoms with van der Waals surface area (Å²) in [6.45, 7) is 4.27. The minimum absolute atomic E-state index is 0.144. The molecule has 1 rings (SSSR count). The molecule has 0 saturated carbocycles. The number of thioether (sulfide) groups is 1. The normalized spacial score (nSPS) is 26.2. The highest BCUT2D eigenvalue weighted by molar-refractivity contribution is 8.02. The first-order valence-electron chi connectivity index (χ1n) is 3.07. The summed E-state index contributed by atoms with van der Waals surface area (Å²) in [5.41, 5.74) is 5.85. The second-order valence-electron chi connectivity index (χ2n) is 2.35. The van der Waals surface area contributed by atoms with E-state index < -0.39 is 0 Å². The van der Waals surface area contributed by atoms with E-state index in [4.69, 9.17) is 5.73 Å². The summed E-state index contributed by atoms with van der Waals surface area (Å²) >= 11 is 1.66. The average Bonchev–Trinajstić information content (AvgIpc) is 2.13. The van der Waals surface area contributed by atoms with Crippen LogP contribution in [0.4, 0.5) is 0 Å². The monoisotopic (exact) mass is 144 g/mol. The predicted molar refractivity (Wildman–Crippen MR) is 41.7 cm³/mol. The maximum atomic E-state index is 5.71. The van der Waals surface area contributed by atoms with Gasteiger partial charge in [0.05, 0.1) is 0 Å². The maximum absolute atomic E-state index is 5.71. The summed E-state index contributed by atoms with van der Waals surface area (Å²) in [6, 6.07) is 0.520. The van der Waals surface area contributed by atoms with Crippen molar-refractivity contribution < 1.29 is 0 Å². The molecule has 1 atom stereocenters. The van der Waals surface area contributed by atoms with Crippen LogP contribution in [0.25, 0.3) is 0 Å². The van der Waals surface area contributed by atoms with Crippen molar-refractivity contribution in [1.29, 1.82) is 0 Å². The molecule has 0 aliphatic carbocycles. The Morgan fingerprint density at radius 1 is 1.67 bits per heavy atom. The molecule has 1 aliphatic rings. The van der Waals surface area contributed by atoms with Crippen molar-refractivity contribution in [2.45, 2.75) is 25.4 Å². The molecule has 52 valence electrons. The smallest absolute Gasteiger partial charge is 0.129 e. The molecule has 3 heteroatoms. The minimum Gasteiger partial charge on any atom is -0.351 e. The number of nitrogens with two attached hydrogens (primary N) is 1. The number of hydrogen-bond donors (Lipinski definition) is 1. The largest absolute Gasteiger partial charge is 0.351 e. The van der Waals surface area contributed by atoms with Gasteiger partial charge in [-0.2, -0.15) is 0 Å². The van der Waals surface area contributed by atoms with Crippen molar-refractivity contribution in [3.63, 3.8) is 0 Å². The van der Waals surface area contributed by atoms with E-state index in [2.05, 4.69) is 18.7 Å². The third-order valence-corrected chi connectivity index (χ3v) is 2.14. The lowest BCUT2D eigenvalue weighted by molar-refractivity contribution is 0.303. The molecule has 0 aromatic heterocycles. The van der Waals surface area contributed by atoms with Gasteiger partial charge in [-0.25, -0.2) is 0 Å². The Hall–Kier alpha value is -0.150. The van der Waals surface area contributed by atoms with Gasteiger partial charge in [0.25, 0.3) is 0 Å². The second kappa shape index (κ2) is 2.62. The third-order valence-electron chi connectivity index (χ3n) is 1.34. The first-order chi connectivity index (χ1) is 4.22. The molecule has 0 radical (unpaired) electrons. The van der Waals surface area contributed by atoms with Crippen LogP contribution in [0.2, 0.25) is 0 Å². The van der Waals surface area contributed by atoms with Gasteiger partial charge in [-0.3, -0.25) is 0 Å². The SMILES string of the molecule is CC(C)N1C=CSC1N. The van der Waals surface area contributed by atoms with Crippen molar-refractivity contribution in [3.05, 3.63) is 11.6 Å². The topological polar surface area (TPSA) is 29.3 Å². The zero-order valence-electron chi connectivity index (χ0n) is 5.74. The molecule has 0 spiro atoms. The maximum Gasteiger partial charge on any atom is 0.129 e. The van der Waals surface area contributed by atoms with E-state index in [0.29, 0.717) is 6.04 Å². The standard InChI is InChI=1S/C6H12N2S/c1-5(2)8-3-4-9-6(8)7/h3-6H,7H2,1-2H3. The molecule has 2 N–H and O–H groups in total. The first kappa shape index (κ1) is 6.96. The van der Waals surface area contributed by atoms with E-state index >= 15 is 0 Å². The highest BCUT2D eigenvalue weighted by Crippen LogP contribution is 2.22. The average molecular weight is 144 g/mol. The minimum atomic E-state index is 0.144. The molecule has 0 aromatic rings. The van der Waals surface area contributed by atoms with Crippen LogP contribution < -0.4 is 5.73 Å². The van der Waals surface area contributed by atoms with Crippen LogP contribution in [-0.2, 0) is 0 Å². The summed E-state index contributed by atoms with van der Waals surface area (Å²) in [7, 11) is 0.